The van der Waals surface area contributed by atoms with Crippen molar-refractivity contribution in [3.05, 3.63) is 153 Å². The molecule has 4 aromatic carbocycles. The summed E-state index contributed by atoms with van der Waals surface area (Å²) in [5.74, 6) is -0.583. The molecule has 1 aliphatic heterocycles. The first-order valence-electron chi connectivity index (χ1n) is 14.4. The predicted molar refractivity (Wildman–Crippen MR) is 178 cm³/mol. The number of imide groups is 1. The van der Waals surface area contributed by atoms with E-state index in [1.165, 1.54) is 0 Å². The minimum Gasteiger partial charge on any atom is -0.489 e. The lowest BCUT2D eigenvalue weighted by Crippen LogP contribution is -2.42. The summed E-state index contributed by atoms with van der Waals surface area (Å²) in [6.07, 6.45) is 3.50. The van der Waals surface area contributed by atoms with Gasteiger partial charge in [0.05, 0.1) is 12.2 Å². The number of amides is 2. The molecule has 0 saturated heterocycles. The van der Waals surface area contributed by atoms with Crippen LogP contribution in [0.5, 0.6) is 5.75 Å². The number of ether oxygens (including phenoxy) is 1. The molecule has 1 aromatic heterocycles. The van der Waals surface area contributed by atoms with E-state index in [4.69, 9.17) is 33.0 Å². The van der Waals surface area contributed by atoms with E-state index >= 15 is 0 Å². The number of carbonyl (C=O) groups excluding carboxylic acids is 2. The van der Waals surface area contributed by atoms with Crippen molar-refractivity contribution in [1.29, 1.82) is 5.26 Å². The molecule has 0 spiro atoms. The Labute approximate surface area is 276 Å². The molecule has 46 heavy (non-hydrogen) atoms. The Morgan fingerprint density at radius 2 is 1.52 bits per heavy atom. The SMILES string of the molecule is CC1=C(C#N)C(=O)N(Cc2ccccc2Cl)C(=O)/C1=C/c1cn(-c2ccccc2)nc1-c1cccc(OCc2ccccc2Cl)c1. The molecule has 6 rings (SSSR count). The Balaban J connectivity index is 1.43. The topological polar surface area (TPSA) is 88.2 Å². The van der Waals surface area contributed by atoms with Crippen LogP contribution in [0.25, 0.3) is 23.0 Å². The van der Waals surface area contributed by atoms with Crippen molar-refractivity contribution in [2.75, 3.05) is 0 Å². The van der Waals surface area contributed by atoms with Crippen LogP contribution in [0.15, 0.2) is 126 Å². The monoisotopic (exact) mass is 644 g/mol. The maximum Gasteiger partial charge on any atom is 0.271 e. The van der Waals surface area contributed by atoms with Crippen LogP contribution in [-0.4, -0.2) is 26.5 Å². The number of para-hydroxylation sites is 1. The van der Waals surface area contributed by atoms with E-state index in [2.05, 4.69) is 0 Å². The molecule has 5 aromatic rings. The molecule has 226 valence electrons. The molecule has 2 heterocycles. The molecule has 0 radical (unpaired) electrons. The number of hydrogen-bond donors (Lipinski definition) is 0. The first-order valence-corrected chi connectivity index (χ1v) is 15.1. The van der Waals surface area contributed by atoms with Crippen molar-refractivity contribution in [3.8, 4) is 28.8 Å². The Morgan fingerprint density at radius 1 is 0.848 bits per heavy atom. The summed E-state index contributed by atoms with van der Waals surface area (Å²) in [5, 5.41) is 15.9. The fourth-order valence-electron chi connectivity index (χ4n) is 5.17. The Bertz CT molecular complexity index is 2080. The molecule has 0 atom stereocenters. The number of aromatic nitrogens is 2. The van der Waals surface area contributed by atoms with Crippen molar-refractivity contribution in [3.63, 3.8) is 0 Å². The third-order valence-corrected chi connectivity index (χ3v) is 8.37. The average Bonchev–Trinajstić information content (AvgIpc) is 3.50. The second kappa shape index (κ2) is 13.3. The Hall–Kier alpha value is -5.42. The van der Waals surface area contributed by atoms with Gasteiger partial charge in [-0.1, -0.05) is 89.9 Å². The molecule has 0 N–H and O–H groups in total. The fraction of sp³-hybridized carbons (Fsp3) is 0.0811. The number of nitrogens with zero attached hydrogens (tertiary/aromatic N) is 4. The van der Waals surface area contributed by atoms with E-state index in [-0.39, 0.29) is 24.3 Å². The number of carbonyl (C=O) groups is 2. The van der Waals surface area contributed by atoms with Crippen LogP contribution in [0, 0.1) is 11.3 Å². The minimum absolute atomic E-state index is 0.0753. The van der Waals surface area contributed by atoms with Gasteiger partial charge in [0.25, 0.3) is 11.8 Å². The summed E-state index contributed by atoms with van der Waals surface area (Å²) in [4.78, 5) is 28.3. The smallest absolute Gasteiger partial charge is 0.271 e. The number of halogens is 2. The molecular formula is C37H26Cl2N4O3. The molecule has 2 amide bonds. The van der Waals surface area contributed by atoms with E-state index in [1.54, 1.807) is 41.9 Å². The predicted octanol–water partition coefficient (Wildman–Crippen LogP) is 8.22. The average molecular weight is 646 g/mol. The van der Waals surface area contributed by atoms with Gasteiger partial charge in [0, 0.05) is 38.5 Å². The van der Waals surface area contributed by atoms with E-state index in [1.807, 2.05) is 91.1 Å². The number of benzene rings is 4. The summed E-state index contributed by atoms with van der Waals surface area (Å²) >= 11 is 12.7. The quantitative estimate of drug-likeness (QED) is 0.125. The first kappa shape index (κ1) is 30.6. The number of nitriles is 1. The zero-order chi connectivity index (χ0) is 32.2. The number of hydrogen-bond acceptors (Lipinski definition) is 5. The largest absolute Gasteiger partial charge is 0.489 e. The van der Waals surface area contributed by atoms with Gasteiger partial charge in [-0.25, -0.2) is 4.68 Å². The van der Waals surface area contributed by atoms with Crippen molar-refractivity contribution >= 4 is 41.1 Å². The molecule has 1 aliphatic rings. The summed E-state index contributed by atoms with van der Waals surface area (Å²) in [7, 11) is 0. The lowest BCUT2D eigenvalue weighted by atomic mass is 9.93. The zero-order valence-corrected chi connectivity index (χ0v) is 26.2. The van der Waals surface area contributed by atoms with Crippen molar-refractivity contribution in [2.24, 2.45) is 0 Å². The lowest BCUT2D eigenvalue weighted by molar-refractivity contribution is -0.141. The third-order valence-electron chi connectivity index (χ3n) is 7.63. The van der Waals surface area contributed by atoms with Gasteiger partial charge in [0.2, 0.25) is 0 Å². The number of rotatable bonds is 8. The van der Waals surface area contributed by atoms with Crippen LogP contribution < -0.4 is 4.74 Å². The van der Waals surface area contributed by atoms with Crippen LogP contribution >= 0.6 is 23.2 Å². The highest BCUT2D eigenvalue weighted by Crippen LogP contribution is 2.33. The molecular weight excluding hydrogens is 619 g/mol. The van der Waals surface area contributed by atoms with Crippen LogP contribution in [-0.2, 0) is 22.7 Å². The van der Waals surface area contributed by atoms with E-state index in [0.29, 0.717) is 38.2 Å². The van der Waals surface area contributed by atoms with Gasteiger partial charge in [-0.2, -0.15) is 10.4 Å². The molecule has 7 nitrogen and oxygen atoms in total. The summed E-state index contributed by atoms with van der Waals surface area (Å²) in [5.41, 5.74) is 4.59. The van der Waals surface area contributed by atoms with Crippen molar-refractivity contribution < 1.29 is 14.3 Å². The first-order chi connectivity index (χ1) is 22.3. The summed E-state index contributed by atoms with van der Waals surface area (Å²) in [6, 6.07) is 33.5. The Kier molecular flexibility index (Phi) is 8.84. The van der Waals surface area contributed by atoms with Gasteiger partial charge in [0.1, 0.15) is 29.7 Å². The van der Waals surface area contributed by atoms with E-state index in [9.17, 15) is 14.9 Å². The van der Waals surface area contributed by atoms with Gasteiger partial charge in [-0.05, 0) is 60.5 Å². The molecule has 0 fully saturated rings. The highest BCUT2D eigenvalue weighted by Gasteiger charge is 2.36. The third kappa shape index (κ3) is 6.22. The summed E-state index contributed by atoms with van der Waals surface area (Å²) < 4.78 is 7.81. The zero-order valence-electron chi connectivity index (χ0n) is 24.7. The van der Waals surface area contributed by atoms with Gasteiger partial charge < -0.3 is 4.74 Å². The van der Waals surface area contributed by atoms with Gasteiger partial charge >= 0.3 is 0 Å². The second-order valence-corrected chi connectivity index (χ2v) is 11.4. The van der Waals surface area contributed by atoms with Gasteiger partial charge in [-0.3, -0.25) is 14.5 Å². The van der Waals surface area contributed by atoms with Crippen LogP contribution in [0.3, 0.4) is 0 Å². The van der Waals surface area contributed by atoms with Crippen LogP contribution in [0.1, 0.15) is 23.6 Å². The molecule has 0 unspecified atom stereocenters. The van der Waals surface area contributed by atoms with E-state index in [0.717, 1.165) is 21.7 Å². The van der Waals surface area contributed by atoms with Crippen molar-refractivity contribution in [2.45, 2.75) is 20.1 Å². The molecule has 0 aliphatic carbocycles. The molecule has 0 bridgehead atoms. The maximum absolute atomic E-state index is 13.9. The fourth-order valence-corrected chi connectivity index (χ4v) is 5.55. The lowest BCUT2D eigenvalue weighted by Gasteiger charge is -2.27. The summed E-state index contributed by atoms with van der Waals surface area (Å²) in [6.45, 7) is 1.81. The van der Waals surface area contributed by atoms with Gasteiger partial charge in [-0.15, -0.1) is 0 Å². The second-order valence-electron chi connectivity index (χ2n) is 10.6. The van der Waals surface area contributed by atoms with E-state index < -0.39 is 11.8 Å². The van der Waals surface area contributed by atoms with Gasteiger partial charge in [0.15, 0.2) is 0 Å². The standard InChI is InChI=1S/C37H26Cl2N4O3/c1-24-31(36(44)42(37(45)32(24)20-40)21-26-10-5-7-16-33(26)38)19-28-22-43(29-13-3-2-4-14-29)41-35(28)25-12-9-15-30(18-25)46-23-27-11-6-8-17-34(27)39/h2-19,22H,21,23H2,1H3/b31-19+. The highest BCUT2D eigenvalue weighted by molar-refractivity contribution is 6.31. The molecule has 0 saturated carbocycles. The van der Waals surface area contributed by atoms with Crippen molar-refractivity contribution in [1.82, 2.24) is 14.7 Å². The molecule has 9 heteroatoms. The normalized spacial score (nSPS) is 14.1. The van der Waals surface area contributed by atoms with Crippen LogP contribution in [0.2, 0.25) is 10.0 Å². The van der Waals surface area contributed by atoms with Crippen LogP contribution in [0.4, 0.5) is 0 Å². The highest BCUT2D eigenvalue weighted by atomic mass is 35.5. The Morgan fingerprint density at radius 3 is 2.22 bits per heavy atom. The maximum atomic E-state index is 13.9. The minimum atomic E-state index is -0.661.